The maximum absolute atomic E-state index is 10.6. The molecule has 8 heteroatoms. The summed E-state index contributed by atoms with van der Waals surface area (Å²) in [6.07, 6.45) is 4.88. The van der Waals surface area contributed by atoms with Gasteiger partial charge in [0.15, 0.2) is 5.96 Å². The van der Waals surface area contributed by atoms with E-state index < -0.39 is 6.10 Å². The SMILES string of the molecule is CCNC(=NCc1ccc(-n2ccnc2C)nc1)NCC(O)c1cc2ccccc2s1. The molecule has 0 fully saturated rings. The van der Waals surface area contributed by atoms with Gasteiger partial charge in [0.1, 0.15) is 17.7 Å². The van der Waals surface area contributed by atoms with E-state index in [4.69, 9.17) is 0 Å². The molecule has 0 spiro atoms. The number of aliphatic hydroxyl groups excluding tert-OH is 1. The maximum Gasteiger partial charge on any atom is 0.191 e. The molecule has 0 saturated carbocycles. The molecular weight excluding hydrogens is 408 g/mol. The first-order valence-electron chi connectivity index (χ1n) is 10.3. The van der Waals surface area contributed by atoms with Crippen molar-refractivity contribution in [2.75, 3.05) is 13.1 Å². The van der Waals surface area contributed by atoms with Crippen LogP contribution in [0.5, 0.6) is 0 Å². The van der Waals surface area contributed by atoms with Crippen LogP contribution in [0.3, 0.4) is 0 Å². The van der Waals surface area contributed by atoms with Crippen LogP contribution >= 0.6 is 11.3 Å². The molecule has 0 aliphatic rings. The van der Waals surface area contributed by atoms with Gasteiger partial charge >= 0.3 is 0 Å². The third-order valence-electron chi connectivity index (χ3n) is 4.88. The van der Waals surface area contributed by atoms with E-state index in [2.05, 4.69) is 37.7 Å². The topological polar surface area (TPSA) is 87.4 Å². The second-order valence-corrected chi connectivity index (χ2v) is 8.26. The normalized spacial score (nSPS) is 12.8. The van der Waals surface area contributed by atoms with Gasteiger partial charge < -0.3 is 15.7 Å². The summed E-state index contributed by atoms with van der Waals surface area (Å²) < 4.78 is 3.12. The van der Waals surface area contributed by atoms with E-state index in [1.54, 1.807) is 17.5 Å². The second kappa shape index (κ2) is 9.72. The minimum absolute atomic E-state index is 0.385. The Kier molecular flexibility index (Phi) is 6.59. The summed E-state index contributed by atoms with van der Waals surface area (Å²) in [5.41, 5.74) is 1.00. The molecule has 0 amide bonds. The lowest BCUT2D eigenvalue weighted by Gasteiger charge is -2.14. The monoisotopic (exact) mass is 434 g/mol. The first kappa shape index (κ1) is 21.0. The van der Waals surface area contributed by atoms with Crippen molar-refractivity contribution in [3.05, 3.63) is 77.3 Å². The van der Waals surface area contributed by atoms with Crippen LogP contribution in [0.2, 0.25) is 0 Å². The van der Waals surface area contributed by atoms with Crippen LogP contribution in [0.4, 0.5) is 0 Å². The Bertz CT molecular complexity index is 1130. The number of nitrogens with zero attached hydrogens (tertiary/aromatic N) is 4. The van der Waals surface area contributed by atoms with Crippen molar-refractivity contribution in [3.8, 4) is 5.82 Å². The van der Waals surface area contributed by atoms with Gasteiger partial charge in [-0.05, 0) is 43.0 Å². The Hall–Kier alpha value is -3.23. The largest absolute Gasteiger partial charge is 0.386 e. The molecule has 1 unspecified atom stereocenters. The van der Waals surface area contributed by atoms with Crippen LogP contribution in [-0.2, 0) is 6.54 Å². The van der Waals surface area contributed by atoms with Gasteiger partial charge in [0.25, 0.3) is 0 Å². The number of benzene rings is 1. The van der Waals surface area contributed by atoms with E-state index in [9.17, 15) is 5.11 Å². The average molecular weight is 435 g/mol. The number of aliphatic imine (C=N–C) groups is 1. The highest BCUT2D eigenvalue weighted by Gasteiger charge is 2.12. The number of rotatable bonds is 7. The Labute approximate surface area is 185 Å². The van der Waals surface area contributed by atoms with Crippen LogP contribution in [0.1, 0.15) is 29.3 Å². The molecule has 0 aliphatic carbocycles. The van der Waals surface area contributed by atoms with Gasteiger partial charge in [-0.2, -0.15) is 0 Å². The minimum Gasteiger partial charge on any atom is -0.386 e. The first-order valence-corrected chi connectivity index (χ1v) is 11.1. The van der Waals surface area contributed by atoms with E-state index in [1.165, 1.54) is 4.70 Å². The van der Waals surface area contributed by atoms with Crippen molar-refractivity contribution in [3.63, 3.8) is 0 Å². The molecule has 4 aromatic rings. The van der Waals surface area contributed by atoms with Gasteiger partial charge in [-0.3, -0.25) is 4.57 Å². The van der Waals surface area contributed by atoms with Gasteiger partial charge in [0.05, 0.1) is 6.54 Å². The number of pyridine rings is 1. The highest BCUT2D eigenvalue weighted by molar-refractivity contribution is 7.19. The standard InChI is InChI=1S/C23H26N6OS/c1-3-24-23(28-15-19(30)21-12-18-6-4-5-7-20(18)31-21)27-14-17-8-9-22(26-13-17)29-11-10-25-16(29)2/h4-13,19,30H,3,14-15H2,1-2H3,(H2,24,27,28). The molecule has 31 heavy (non-hydrogen) atoms. The van der Waals surface area contributed by atoms with Crippen molar-refractivity contribution < 1.29 is 5.11 Å². The lowest BCUT2D eigenvalue weighted by molar-refractivity contribution is 0.184. The number of thiophene rings is 1. The van der Waals surface area contributed by atoms with Gasteiger partial charge in [0.2, 0.25) is 0 Å². The zero-order valence-corrected chi connectivity index (χ0v) is 18.4. The molecule has 0 aliphatic heterocycles. The number of nitrogens with one attached hydrogen (secondary N) is 2. The molecule has 1 aromatic carbocycles. The zero-order chi connectivity index (χ0) is 21.6. The Morgan fingerprint density at radius 2 is 2.06 bits per heavy atom. The van der Waals surface area contributed by atoms with Crippen molar-refractivity contribution in [1.82, 2.24) is 25.2 Å². The number of hydrogen-bond donors (Lipinski definition) is 3. The van der Waals surface area contributed by atoms with Gasteiger partial charge in [-0.1, -0.05) is 24.3 Å². The fourth-order valence-corrected chi connectivity index (χ4v) is 4.30. The second-order valence-electron chi connectivity index (χ2n) is 7.15. The van der Waals surface area contributed by atoms with Gasteiger partial charge in [-0.25, -0.2) is 15.0 Å². The van der Waals surface area contributed by atoms with Crippen molar-refractivity contribution >= 4 is 27.4 Å². The Morgan fingerprint density at radius 1 is 1.19 bits per heavy atom. The van der Waals surface area contributed by atoms with E-state index in [0.29, 0.717) is 19.0 Å². The van der Waals surface area contributed by atoms with E-state index in [-0.39, 0.29) is 0 Å². The quantitative estimate of drug-likeness (QED) is 0.306. The van der Waals surface area contributed by atoms with Crippen LogP contribution in [-0.4, -0.2) is 38.7 Å². The number of fused-ring (bicyclic) bond motifs is 1. The fourth-order valence-electron chi connectivity index (χ4n) is 3.25. The van der Waals surface area contributed by atoms with E-state index >= 15 is 0 Å². The van der Waals surface area contributed by atoms with E-state index in [0.717, 1.165) is 34.0 Å². The molecule has 1 atom stereocenters. The summed E-state index contributed by atoms with van der Waals surface area (Å²) in [6.45, 7) is 5.58. The van der Waals surface area contributed by atoms with Crippen LogP contribution in [0.15, 0.2) is 66.0 Å². The predicted molar refractivity (Wildman–Crippen MR) is 126 cm³/mol. The lowest BCUT2D eigenvalue weighted by atomic mass is 10.2. The van der Waals surface area contributed by atoms with Crippen molar-refractivity contribution in [1.29, 1.82) is 0 Å². The summed E-state index contributed by atoms with van der Waals surface area (Å²) in [7, 11) is 0. The lowest BCUT2D eigenvalue weighted by Crippen LogP contribution is -2.39. The smallest absolute Gasteiger partial charge is 0.191 e. The molecule has 3 aromatic heterocycles. The Morgan fingerprint density at radius 3 is 2.77 bits per heavy atom. The van der Waals surface area contributed by atoms with Crippen molar-refractivity contribution in [2.24, 2.45) is 4.99 Å². The molecular formula is C23H26N6OS. The summed E-state index contributed by atoms with van der Waals surface area (Å²) in [6, 6.07) is 14.2. The summed E-state index contributed by atoms with van der Waals surface area (Å²) in [5.74, 6) is 2.39. The molecule has 0 saturated heterocycles. The molecule has 7 nitrogen and oxygen atoms in total. The zero-order valence-electron chi connectivity index (χ0n) is 17.6. The van der Waals surface area contributed by atoms with Gasteiger partial charge in [-0.15, -0.1) is 11.3 Å². The van der Waals surface area contributed by atoms with Crippen molar-refractivity contribution in [2.45, 2.75) is 26.5 Å². The average Bonchev–Trinajstić information content (AvgIpc) is 3.42. The number of aryl methyl sites for hydroxylation is 1. The molecule has 3 N–H and O–H groups in total. The molecule has 160 valence electrons. The summed E-state index contributed by atoms with van der Waals surface area (Å²) >= 11 is 1.62. The van der Waals surface area contributed by atoms with Crippen LogP contribution < -0.4 is 10.6 Å². The third kappa shape index (κ3) is 5.10. The highest BCUT2D eigenvalue weighted by atomic mass is 32.1. The molecule has 0 bridgehead atoms. The summed E-state index contributed by atoms with van der Waals surface area (Å²) in [4.78, 5) is 14.3. The number of aliphatic hydroxyl groups is 1. The number of imidazole rings is 1. The molecule has 3 heterocycles. The number of aromatic nitrogens is 3. The fraction of sp³-hybridized carbons (Fsp3) is 0.261. The number of hydrogen-bond acceptors (Lipinski definition) is 5. The molecule has 4 rings (SSSR count). The Balaban J connectivity index is 1.38. The van der Waals surface area contributed by atoms with Crippen LogP contribution in [0, 0.1) is 6.92 Å². The van der Waals surface area contributed by atoms with Crippen LogP contribution in [0.25, 0.3) is 15.9 Å². The van der Waals surface area contributed by atoms with E-state index in [1.807, 2.05) is 61.1 Å². The highest BCUT2D eigenvalue weighted by Crippen LogP contribution is 2.29. The first-order chi connectivity index (χ1) is 15.1. The number of guanidine groups is 1. The third-order valence-corrected chi connectivity index (χ3v) is 6.10. The predicted octanol–water partition coefficient (Wildman–Crippen LogP) is 3.58. The summed E-state index contributed by atoms with van der Waals surface area (Å²) in [5, 5.41) is 18.2. The molecule has 0 radical (unpaired) electrons. The van der Waals surface area contributed by atoms with Gasteiger partial charge in [0, 0.05) is 41.3 Å². The minimum atomic E-state index is -0.597. The maximum atomic E-state index is 10.6.